The Balaban J connectivity index is 1.68. The van der Waals surface area contributed by atoms with Gasteiger partial charge in [-0.05, 0) is 49.7 Å². The van der Waals surface area contributed by atoms with E-state index in [1.54, 1.807) is 41.1 Å². The molecular formula is C27H27N7O4. The third-order valence-corrected chi connectivity index (χ3v) is 6.30. The number of aromatic nitrogens is 4. The lowest BCUT2D eigenvalue weighted by Gasteiger charge is -2.09. The van der Waals surface area contributed by atoms with Crippen LogP contribution in [0.1, 0.15) is 42.6 Å². The van der Waals surface area contributed by atoms with Crippen LogP contribution in [0.5, 0.6) is 0 Å². The fourth-order valence-corrected chi connectivity index (χ4v) is 4.40. The molecule has 3 aromatic heterocycles. The molecule has 0 saturated heterocycles. The van der Waals surface area contributed by atoms with E-state index in [0.29, 0.717) is 45.9 Å². The van der Waals surface area contributed by atoms with Crippen molar-refractivity contribution < 1.29 is 14.0 Å². The molecule has 5 N–H and O–H groups in total. The van der Waals surface area contributed by atoms with E-state index < -0.39 is 5.56 Å². The quantitative estimate of drug-likeness (QED) is 0.240. The Morgan fingerprint density at radius 2 is 1.92 bits per heavy atom. The van der Waals surface area contributed by atoms with E-state index in [0.717, 1.165) is 23.8 Å². The summed E-state index contributed by atoms with van der Waals surface area (Å²) in [6, 6.07) is 12.3. The van der Waals surface area contributed by atoms with Gasteiger partial charge in [-0.2, -0.15) is 10.2 Å². The van der Waals surface area contributed by atoms with Crippen LogP contribution >= 0.6 is 0 Å². The maximum atomic E-state index is 12.6. The lowest BCUT2D eigenvalue weighted by atomic mass is 10.1. The number of rotatable bonds is 7. The summed E-state index contributed by atoms with van der Waals surface area (Å²) >= 11 is 0. The number of H-pyrrole nitrogens is 1. The number of nitrogens with two attached hydrogens (primary N) is 1. The molecule has 5 rings (SSSR count). The predicted molar refractivity (Wildman–Crippen MR) is 145 cm³/mol. The number of carbonyl (C=O) groups is 2. The van der Waals surface area contributed by atoms with Gasteiger partial charge in [0.15, 0.2) is 17.1 Å². The Bertz CT molecular complexity index is 1750. The third kappa shape index (κ3) is 4.38. The van der Waals surface area contributed by atoms with Gasteiger partial charge in [0, 0.05) is 35.7 Å². The van der Waals surface area contributed by atoms with Crippen molar-refractivity contribution in [1.82, 2.24) is 25.3 Å². The number of hydrogen-bond donors (Lipinski definition) is 4. The number of nitrogens with one attached hydrogen (secondary N) is 3. The lowest BCUT2D eigenvalue weighted by molar-refractivity contribution is -0.114. The van der Waals surface area contributed by atoms with Crippen LogP contribution in [-0.2, 0) is 4.79 Å². The van der Waals surface area contributed by atoms with Crippen molar-refractivity contribution in [3.05, 3.63) is 63.9 Å². The number of nitrogen functional groups attached to an aromatic ring is 1. The largest absolute Gasteiger partial charge is 0.454 e. The first-order valence-electron chi connectivity index (χ1n) is 12.2. The molecule has 0 bridgehead atoms. The highest BCUT2D eigenvalue weighted by atomic mass is 16.3. The van der Waals surface area contributed by atoms with E-state index in [4.69, 9.17) is 10.2 Å². The normalized spacial score (nSPS) is 11.2. The number of carbonyl (C=O) groups excluding carboxylic acids is 2. The molecule has 2 aromatic carbocycles. The third-order valence-electron chi connectivity index (χ3n) is 6.30. The second-order valence-corrected chi connectivity index (χ2v) is 9.03. The van der Waals surface area contributed by atoms with Gasteiger partial charge in [-0.25, -0.2) is 9.78 Å². The summed E-state index contributed by atoms with van der Waals surface area (Å²) in [5.41, 5.74) is 9.29. The minimum atomic E-state index is -0.496. The number of amides is 2. The Labute approximate surface area is 217 Å². The summed E-state index contributed by atoms with van der Waals surface area (Å²) in [5.74, 6) is 0.165. The standard InChI is InChI=1S/C27H27N7O4/c1-4-5-12-29-26(36)16-6-11-19-14(2)24(38-20(19)13-16)23-21-22(27(37)32-31-25(21)28)33-34(23)18-9-7-17(8-10-18)30-15(3)35/h6-11,13H,4-5,12H2,1-3H3,(H2,28,31)(H,29,36)(H,30,35)(H,32,37). The van der Waals surface area contributed by atoms with Crippen LogP contribution in [-0.4, -0.2) is 38.3 Å². The number of nitrogens with zero attached hydrogens (tertiary/aromatic N) is 3. The molecule has 11 heteroatoms. The van der Waals surface area contributed by atoms with Crippen molar-refractivity contribution in [2.75, 3.05) is 17.6 Å². The van der Waals surface area contributed by atoms with Crippen LogP contribution in [0.3, 0.4) is 0 Å². The van der Waals surface area contributed by atoms with Gasteiger partial charge >= 0.3 is 0 Å². The first-order chi connectivity index (χ1) is 18.3. The number of benzene rings is 2. The highest BCUT2D eigenvalue weighted by Gasteiger charge is 2.25. The minimum absolute atomic E-state index is 0.0894. The van der Waals surface area contributed by atoms with Crippen LogP contribution in [0.4, 0.5) is 11.5 Å². The first-order valence-corrected chi connectivity index (χ1v) is 12.2. The van der Waals surface area contributed by atoms with E-state index >= 15 is 0 Å². The Morgan fingerprint density at radius 3 is 2.63 bits per heavy atom. The van der Waals surface area contributed by atoms with Crippen LogP contribution in [0.15, 0.2) is 51.7 Å². The number of aryl methyl sites for hydroxylation is 1. The van der Waals surface area contributed by atoms with Gasteiger partial charge in [0.1, 0.15) is 11.3 Å². The molecule has 0 radical (unpaired) electrons. The molecule has 0 spiro atoms. The van der Waals surface area contributed by atoms with Gasteiger partial charge in [0.25, 0.3) is 11.5 Å². The summed E-state index contributed by atoms with van der Waals surface area (Å²) in [4.78, 5) is 36.7. The maximum absolute atomic E-state index is 12.6. The van der Waals surface area contributed by atoms with Gasteiger partial charge in [-0.3, -0.25) is 14.4 Å². The molecule has 38 heavy (non-hydrogen) atoms. The molecular weight excluding hydrogens is 486 g/mol. The number of furan rings is 1. The maximum Gasteiger partial charge on any atom is 0.292 e. The molecule has 0 atom stereocenters. The molecule has 3 heterocycles. The number of anilines is 2. The van der Waals surface area contributed by atoms with Gasteiger partial charge in [0.05, 0.1) is 11.1 Å². The Hall–Kier alpha value is -4.93. The van der Waals surface area contributed by atoms with Crippen molar-refractivity contribution in [3.63, 3.8) is 0 Å². The molecule has 0 saturated carbocycles. The molecule has 0 unspecified atom stereocenters. The monoisotopic (exact) mass is 513 g/mol. The minimum Gasteiger partial charge on any atom is -0.454 e. The first kappa shape index (κ1) is 24.8. The number of hydrogen-bond acceptors (Lipinski definition) is 7. The van der Waals surface area contributed by atoms with Crippen molar-refractivity contribution in [1.29, 1.82) is 0 Å². The summed E-state index contributed by atoms with van der Waals surface area (Å²) < 4.78 is 7.88. The average Bonchev–Trinajstić information content (AvgIpc) is 3.45. The Kier molecular flexibility index (Phi) is 6.41. The van der Waals surface area contributed by atoms with Crippen molar-refractivity contribution >= 4 is 45.2 Å². The van der Waals surface area contributed by atoms with Crippen LogP contribution in [0, 0.1) is 6.92 Å². The van der Waals surface area contributed by atoms with Gasteiger partial charge < -0.3 is 20.8 Å². The number of fused-ring (bicyclic) bond motifs is 2. The van der Waals surface area contributed by atoms with Crippen LogP contribution in [0.25, 0.3) is 39.0 Å². The zero-order valence-corrected chi connectivity index (χ0v) is 21.2. The van der Waals surface area contributed by atoms with E-state index in [-0.39, 0.29) is 23.1 Å². The molecule has 11 nitrogen and oxygen atoms in total. The van der Waals surface area contributed by atoms with Gasteiger partial charge in [-0.1, -0.05) is 19.4 Å². The SMILES string of the molecule is CCCCNC(=O)c1ccc2c(C)c(-c3c4c(N)n[nH]c(=O)c4nn3-c3ccc(NC(C)=O)cc3)oc2c1. The fraction of sp³-hybridized carbons (Fsp3) is 0.222. The van der Waals surface area contributed by atoms with Gasteiger partial charge in [-0.15, -0.1) is 0 Å². The summed E-state index contributed by atoms with van der Waals surface area (Å²) in [6.07, 6.45) is 1.88. The summed E-state index contributed by atoms with van der Waals surface area (Å²) in [7, 11) is 0. The summed E-state index contributed by atoms with van der Waals surface area (Å²) in [5, 5.41) is 17.7. The average molecular weight is 514 g/mol. The Morgan fingerprint density at radius 1 is 1.16 bits per heavy atom. The second-order valence-electron chi connectivity index (χ2n) is 9.03. The molecule has 0 fully saturated rings. The van der Waals surface area contributed by atoms with Crippen LogP contribution in [0.2, 0.25) is 0 Å². The van der Waals surface area contributed by atoms with Crippen molar-refractivity contribution in [2.24, 2.45) is 0 Å². The molecule has 0 aliphatic rings. The molecule has 5 aromatic rings. The zero-order valence-electron chi connectivity index (χ0n) is 21.2. The number of unbranched alkanes of at least 4 members (excludes halogenated alkanes) is 1. The fourth-order valence-electron chi connectivity index (χ4n) is 4.40. The van der Waals surface area contributed by atoms with Crippen molar-refractivity contribution in [3.8, 4) is 17.1 Å². The molecule has 0 aliphatic carbocycles. The summed E-state index contributed by atoms with van der Waals surface area (Å²) in [6.45, 7) is 5.98. The highest BCUT2D eigenvalue weighted by molar-refractivity contribution is 6.03. The van der Waals surface area contributed by atoms with E-state index in [1.807, 2.05) is 13.0 Å². The smallest absolute Gasteiger partial charge is 0.292 e. The number of aromatic amines is 1. The van der Waals surface area contributed by atoms with E-state index in [2.05, 4.69) is 32.9 Å². The lowest BCUT2D eigenvalue weighted by Crippen LogP contribution is -2.24. The molecule has 194 valence electrons. The molecule has 0 aliphatic heterocycles. The van der Waals surface area contributed by atoms with E-state index in [1.165, 1.54) is 6.92 Å². The van der Waals surface area contributed by atoms with Gasteiger partial charge in [0.2, 0.25) is 5.91 Å². The van der Waals surface area contributed by atoms with Crippen molar-refractivity contribution in [2.45, 2.75) is 33.6 Å². The van der Waals surface area contributed by atoms with E-state index in [9.17, 15) is 14.4 Å². The topological polar surface area (TPSA) is 161 Å². The highest BCUT2D eigenvalue weighted by Crippen LogP contribution is 2.39. The zero-order chi connectivity index (χ0) is 27.0. The molecule has 2 amide bonds. The van der Waals surface area contributed by atoms with Crippen LogP contribution < -0.4 is 21.9 Å². The second kappa shape index (κ2) is 9.85. The predicted octanol–water partition coefficient (Wildman–Crippen LogP) is 3.90.